The molecule has 0 aliphatic carbocycles. The molecule has 2 aliphatic heterocycles. The summed E-state index contributed by atoms with van der Waals surface area (Å²) in [6.45, 7) is 9.37. The Morgan fingerprint density at radius 2 is 1.49 bits per heavy atom. The Balaban J connectivity index is 1.25. The molecular weight excluding hydrogens is 687 g/mol. The van der Waals surface area contributed by atoms with Gasteiger partial charge in [0.1, 0.15) is 0 Å². The van der Waals surface area contributed by atoms with Gasteiger partial charge >= 0.3 is 11.9 Å². The summed E-state index contributed by atoms with van der Waals surface area (Å²) in [5.74, 6) is -1.72. The van der Waals surface area contributed by atoms with Crippen LogP contribution < -0.4 is 14.7 Å². The van der Waals surface area contributed by atoms with Gasteiger partial charge in [0.2, 0.25) is 0 Å². The average Bonchev–Trinajstić information content (AvgIpc) is 3.49. The number of allylic oxidation sites excluding steroid dienone is 6. The van der Waals surface area contributed by atoms with Gasteiger partial charge in [-0.15, -0.1) is 0 Å². The Kier molecular flexibility index (Phi) is 11.2. The summed E-state index contributed by atoms with van der Waals surface area (Å²) in [7, 11) is 4.01. The van der Waals surface area contributed by atoms with Crippen molar-refractivity contribution in [3.05, 3.63) is 143 Å². The predicted molar refractivity (Wildman–Crippen MR) is 224 cm³/mol. The van der Waals surface area contributed by atoms with Gasteiger partial charge in [-0.2, -0.15) is 0 Å². The number of carbonyl (C=O) groups excluding carboxylic acids is 1. The molecule has 0 amide bonds. The van der Waals surface area contributed by atoms with Crippen LogP contribution in [0, 0.1) is 0 Å². The van der Waals surface area contributed by atoms with Crippen molar-refractivity contribution in [1.82, 2.24) is 0 Å². The molecule has 6 rings (SSSR count). The molecule has 0 fully saturated rings. The zero-order valence-electron chi connectivity index (χ0n) is 32.6. The molecule has 0 spiro atoms. The van der Waals surface area contributed by atoms with E-state index in [1.54, 1.807) is 12.2 Å². The summed E-state index contributed by atoms with van der Waals surface area (Å²) in [5, 5.41) is 21.6. The van der Waals surface area contributed by atoms with Crippen molar-refractivity contribution in [2.24, 2.45) is 0 Å². The second-order valence-electron chi connectivity index (χ2n) is 15.7. The number of nitrogens with zero attached hydrogens (tertiary/aromatic N) is 3. The van der Waals surface area contributed by atoms with E-state index in [4.69, 9.17) is 0 Å². The maximum atomic E-state index is 13.0. The third kappa shape index (κ3) is 8.14. The summed E-state index contributed by atoms with van der Waals surface area (Å²) < 4.78 is 0. The summed E-state index contributed by atoms with van der Waals surface area (Å²) in [6.07, 6.45) is 13.7. The Morgan fingerprint density at radius 1 is 0.800 bits per heavy atom. The van der Waals surface area contributed by atoms with Gasteiger partial charge in [0, 0.05) is 67.2 Å². The molecule has 4 aromatic rings. The second-order valence-corrected chi connectivity index (χ2v) is 15.7. The van der Waals surface area contributed by atoms with E-state index in [1.165, 1.54) is 5.56 Å². The fraction of sp³-hybridized carbons (Fsp3) is 0.298. The Labute approximate surface area is 324 Å². The van der Waals surface area contributed by atoms with Gasteiger partial charge in [0.15, 0.2) is 5.78 Å². The highest BCUT2D eigenvalue weighted by Crippen LogP contribution is 2.51. The van der Waals surface area contributed by atoms with Crippen molar-refractivity contribution in [3.63, 3.8) is 0 Å². The minimum atomic E-state index is -0.864. The molecule has 2 aliphatic rings. The van der Waals surface area contributed by atoms with E-state index in [2.05, 4.69) is 92.1 Å². The second kappa shape index (κ2) is 15.8. The lowest BCUT2D eigenvalue weighted by Gasteiger charge is -2.32. The van der Waals surface area contributed by atoms with Gasteiger partial charge in [-0.3, -0.25) is 14.4 Å². The van der Waals surface area contributed by atoms with Crippen LogP contribution in [0.2, 0.25) is 0 Å². The highest BCUT2D eigenvalue weighted by Gasteiger charge is 2.44. The van der Waals surface area contributed by atoms with E-state index in [0.29, 0.717) is 13.1 Å². The maximum absolute atomic E-state index is 13.0. The van der Waals surface area contributed by atoms with Crippen LogP contribution in [0.25, 0.3) is 16.8 Å². The number of carboxylic acids is 2. The fourth-order valence-electron chi connectivity index (χ4n) is 8.19. The molecule has 4 aromatic carbocycles. The van der Waals surface area contributed by atoms with Gasteiger partial charge in [0.25, 0.3) is 0 Å². The summed E-state index contributed by atoms with van der Waals surface area (Å²) >= 11 is 0. The Hall–Kier alpha value is -5.89. The van der Waals surface area contributed by atoms with E-state index in [-0.39, 0.29) is 31.1 Å². The van der Waals surface area contributed by atoms with Crippen molar-refractivity contribution in [3.8, 4) is 0 Å². The number of carboxylic acid groups (broad SMARTS) is 2. The molecule has 0 bridgehead atoms. The van der Waals surface area contributed by atoms with Crippen molar-refractivity contribution in [2.45, 2.75) is 63.8 Å². The standard InChI is InChI=1S/C47H51N3O5/c1-46(2)38-31-33(30-36(51)14-9-7-12-32-18-22-35(23-19-32)48(5)6)20-24-39(38)49(28-26-43(52)53)41(46)16-11-17-42-47(3,4)45-37-15-10-8-13-34(37)21-25-40(45)50(42)29-27-44(54)55/h7-25,31,41H,26-30H2,1-6H3,(H,52,53)(H,54,55)/b12-7+,14-9+,16-11+,42-17+. The number of rotatable bonds is 14. The summed E-state index contributed by atoms with van der Waals surface area (Å²) in [4.78, 5) is 42.9. The molecule has 284 valence electrons. The van der Waals surface area contributed by atoms with Gasteiger partial charge in [-0.25, -0.2) is 0 Å². The van der Waals surface area contributed by atoms with Gasteiger partial charge < -0.3 is 24.9 Å². The molecule has 2 heterocycles. The lowest BCUT2D eigenvalue weighted by Crippen LogP contribution is -2.41. The first-order chi connectivity index (χ1) is 26.2. The third-order valence-electron chi connectivity index (χ3n) is 11.0. The number of hydrogen-bond acceptors (Lipinski definition) is 6. The average molecular weight is 738 g/mol. The Morgan fingerprint density at radius 3 is 2.20 bits per heavy atom. The summed E-state index contributed by atoms with van der Waals surface area (Å²) in [6, 6.07) is 26.6. The topological polar surface area (TPSA) is 101 Å². The lowest BCUT2D eigenvalue weighted by atomic mass is 9.79. The van der Waals surface area contributed by atoms with Crippen LogP contribution in [-0.4, -0.2) is 61.2 Å². The largest absolute Gasteiger partial charge is 0.481 e. The van der Waals surface area contributed by atoms with Crippen LogP contribution >= 0.6 is 0 Å². The van der Waals surface area contributed by atoms with Crippen molar-refractivity contribution < 1.29 is 24.6 Å². The first kappa shape index (κ1) is 38.8. The van der Waals surface area contributed by atoms with Crippen LogP contribution in [0.5, 0.6) is 0 Å². The number of carbonyl (C=O) groups is 3. The van der Waals surface area contributed by atoms with E-state index in [1.807, 2.05) is 73.6 Å². The highest BCUT2D eigenvalue weighted by molar-refractivity contribution is 5.95. The van der Waals surface area contributed by atoms with E-state index < -0.39 is 22.8 Å². The minimum Gasteiger partial charge on any atom is -0.481 e. The molecule has 0 aromatic heterocycles. The third-order valence-corrected chi connectivity index (χ3v) is 11.0. The molecule has 8 heteroatoms. The first-order valence-electron chi connectivity index (χ1n) is 18.9. The van der Waals surface area contributed by atoms with Crippen molar-refractivity contribution >= 4 is 51.6 Å². The number of ketones is 1. The minimum absolute atomic E-state index is 0.000337. The molecule has 0 saturated heterocycles. The molecule has 0 saturated carbocycles. The first-order valence-corrected chi connectivity index (χ1v) is 18.9. The number of fused-ring (bicyclic) bond motifs is 4. The van der Waals surface area contributed by atoms with Crippen LogP contribution in [0.1, 0.15) is 62.8 Å². The smallest absolute Gasteiger partial charge is 0.305 e. The molecular formula is C47H51N3O5. The zero-order valence-corrected chi connectivity index (χ0v) is 32.6. The SMILES string of the molecule is CN(C)c1ccc(/C=C/C=C/C(=O)Cc2ccc3c(c2)C(C)(C)C(/C=C/C=C2/N(CCC(=O)O)c4ccc5ccccc5c4C2(C)C)N3CCC(=O)O)cc1. The number of benzene rings is 4. The normalized spacial score (nSPS) is 17.9. The molecule has 1 atom stereocenters. The van der Waals surface area contributed by atoms with E-state index in [9.17, 15) is 24.6 Å². The molecule has 0 radical (unpaired) electrons. The lowest BCUT2D eigenvalue weighted by molar-refractivity contribution is -0.137. The maximum Gasteiger partial charge on any atom is 0.305 e. The fourth-order valence-corrected chi connectivity index (χ4v) is 8.19. The highest BCUT2D eigenvalue weighted by atomic mass is 16.4. The Bertz CT molecular complexity index is 2220. The van der Waals surface area contributed by atoms with Crippen molar-refractivity contribution in [1.29, 1.82) is 0 Å². The molecule has 2 N–H and O–H groups in total. The monoisotopic (exact) mass is 737 g/mol. The summed E-state index contributed by atoms with van der Waals surface area (Å²) in [5.41, 5.74) is 7.51. The van der Waals surface area contributed by atoms with E-state index in [0.717, 1.165) is 50.2 Å². The van der Waals surface area contributed by atoms with Crippen LogP contribution in [0.3, 0.4) is 0 Å². The molecule has 8 nitrogen and oxygen atoms in total. The van der Waals surface area contributed by atoms with Crippen molar-refractivity contribution in [2.75, 3.05) is 41.9 Å². The van der Waals surface area contributed by atoms with Crippen LogP contribution in [0.15, 0.2) is 121 Å². The van der Waals surface area contributed by atoms with E-state index >= 15 is 0 Å². The van der Waals surface area contributed by atoms with Gasteiger partial charge in [-0.1, -0.05) is 113 Å². The van der Waals surface area contributed by atoms with Crippen LogP contribution in [0.4, 0.5) is 17.1 Å². The number of aliphatic carboxylic acids is 2. The quantitative estimate of drug-likeness (QED) is 0.0978. The number of anilines is 3. The molecule has 55 heavy (non-hydrogen) atoms. The number of hydrogen-bond donors (Lipinski definition) is 2. The predicted octanol–water partition coefficient (Wildman–Crippen LogP) is 8.94. The molecule has 1 unspecified atom stereocenters. The van der Waals surface area contributed by atoms with Crippen LogP contribution in [-0.2, 0) is 31.6 Å². The van der Waals surface area contributed by atoms with Gasteiger partial charge in [-0.05, 0) is 69.4 Å². The zero-order chi connectivity index (χ0) is 39.5. The van der Waals surface area contributed by atoms with Gasteiger partial charge in [0.05, 0.1) is 18.9 Å².